The van der Waals surface area contributed by atoms with Crippen LogP contribution >= 0.6 is 15.9 Å². The van der Waals surface area contributed by atoms with E-state index in [0.29, 0.717) is 5.56 Å². The van der Waals surface area contributed by atoms with Crippen molar-refractivity contribution in [2.75, 3.05) is 0 Å². The molecule has 0 aromatic carbocycles. The maximum atomic E-state index is 12.4. The first kappa shape index (κ1) is 11.0. The highest BCUT2D eigenvalue weighted by atomic mass is 79.9. The average Bonchev–Trinajstić information content (AvgIpc) is 2.08. The van der Waals surface area contributed by atoms with Gasteiger partial charge in [0.15, 0.2) is 0 Å². The molecule has 0 unspecified atom stereocenters. The number of nitrogens with zero attached hydrogens (tertiary/aromatic N) is 1. The summed E-state index contributed by atoms with van der Waals surface area (Å²) in [5, 5.41) is 8.72. The van der Waals surface area contributed by atoms with E-state index in [2.05, 4.69) is 20.9 Å². The van der Waals surface area contributed by atoms with E-state index < -0.39 is 23.7 Å². The molecule has 6 heteroatoms. The Balaban J connectivity index is 3.45. The van der Waals surface area contributed by atoms with E-state index in [1.54, 1.807) is 6.92 Å². The van der Waals surface area contributed by atoms with Crippen molar-refractivity contribution in [3.8, 4) is 0 Å². The van der Waals surface area contributed by atoms with Gasteiger partial charge in [-0.2, -0.15) is 0 Å². The Morgan fingerprint density at radius 3 is 2.64 bits per heavy atom. The predicted molar refractivity (Wildman–Crippen MR) is 48.6 cm³/mol. The smallest absolute Gasteiger partial charge is 0.338 e. The summed E-state index contributed by atoms with van der Waals surface area (Å²) in [6, 6.07) is 0. The van der Waals surface area contributed by atoms with Gasteiger partial charge in [-0.3, -0.25) is 4.98 Å². The van der Waals surface area contributed by atoms with Crippen molar-refractivity contribution in [1.29, 1.82) is 0 Å². The van der Waals surface area contributed by atoms with Crippen LogP contribution in [0.2, 0.25) is 0 Å². The number of alkyl halides is 2. The molecule has 14 heavy (non-hydrogen) atoms. The number of carboxylic acid groups (broad SMARTS) is 1. The molecule has 1 heterocycles. The van der Waals surface area contributed by atoms with E-state index in [1.165, 1.54) is 6.20 Å². The maximum absolute atomic E-state index is 12.4. The van der Waals surface area contributed by atoms with E-state index in [1.807, 2.05) is 0 Å². The van der Waals surface area contributed by atoms with Gasteiger partial charge < -0.3 is 5.11 Å². The Hall–Kier alpha value is -1.04. The van der Waals surface area contributed by atoms with Gasteiger partial charge in [-0.05, 0) is 28.4 Å². The topological polar surface area (TPSA) is 50.2 Å². The number of carbonyl (C=O) groups is 1. The number of carboxylic acids is 1. The Bertz CT molecular complexity index is 382. The first-order chi connectivity index (χ1) is 6.45. The van der Waals surface area contributed by atoms with Crippen LogP contribution in [0.1, 0.15) is 28.0 Å². The normalized spacial score (nSPS) is 10.6. The number of halogens is 3. The van der Waals surface area contributed by atoms with Crippen molar-refractivity contribution in [1.82, 2.24) is 4.98 Å². The highest BCUT2D eigenvalue weighted by molar-refractivity contribution is 9.10. The highest BCUT2D eigenvalue weighted by Crippen LogP contribution is 2.28. The molecule has 0 fully saturated rings. The van der Waals surface area contributed by atoms with Crippen LogP contribution in [0, 0.1) is 6.92 Å². The van der Waals surface area contributed by atoms with Crippen LogP contribution < -0.4 is 0 Å². The second-order valence-corrected chi connectivity index (χ2v) is 3.41. The molecule has 1 aromatic heterocycles. The monoisotopic (exact) mass is 265 g/mol. The fraction of sp³-hybridized carbons (Fsp3) is 0.250. The van der Waals surface area contributed by atoms with Crippen LogP contribution in [0.4, 0.5) is 8.78 Å². The molecule has 1 rings (SSSR count). The Morgan fingerprint density at radius 2 is 2.21 bits per heavy atom. The van der Waals surface area contributed by atoms with Crippen molar-refractivity contribution in [3.63, 3.8) is 0 Å². The number of aryl methyl sites for hydroxylation is 1. The zero-order valence-electron chi connectivity index (χ0n) is 7.09. The van der Waals surface area contributed by atoms with Crippen LogP contribution in [-0.4, -0.2) is 16.1 Å². The zero-order valence-corrected chi connectivity index (χ0v) is 8.68. The fourth-order valence-corrected chi connectivity index (χ4v) is 1.44. The molecule has 1 aromatic rings. The third-order valence-electron chi connectivity index (χ3n) is 1.64. The van der Waals surface area contributed by atoms with E-state index >= 15 is 0 Å². The van der Waals surface area contributed by atoms with Crippen molar-refractivity contribution in [2.24, 2.45) is 0 Å². The second-order valence-electron chi connectivity index (χ2n) is 2.62. The van der Waals surface area contributed by atoms with Crippen molar-refractivity contribution < 1.29 is 18.7 Å². The molecule has 0 atom stereocenters. The summed E-state index contributed by atoms with van der Waals surface area (Å²) in [5.41, 5.74) is -0.679. The zero-order chi connectivity index (χ0) is 10.9. The molecule has 1 N–H and O–H groups in total. The average molecular weight is 266 g/mol. The van der Waals surface area contributed by atoms with Gasteiger partial charge in [0, 0.05) is 10.7 Å². The Kier molecular flexibility index (Phi) is 3.15. The lowest BCUT2D eigenvalue weighted by molar-refractivity contribution is 0.0681. The lowest BCUT2D eigenvalue weighted by atomic mass is 10.1. The third-order valence-corrected chi connectivity index (χ3v) is 2.66. The van der Waals surface area contributed by atoms with E-state index in [4.69, 9.17) is 5.11 Å². The van der Waals surface area contributed by atoms with E-state index in [0.717, 1.165) is 0 Å². The predicted octanol–water partition coefficient (Wildman–Crippen LogP) is 2.79. The number of pyridine rings is 1. The summed E-state index contributed by atoms with van der Waals surface area (Å²) in [5.74, 6) is -1.41. The molecule has 0 radical (unpaired) electrons. The third kappa shape index (κ3) is 1.89. The molecule has 3 nitrogen and oxygen atoms in total. The number of aromatic nitrogens is 1. The molecule has 0 aliphatic heterocycles. The van der Waals surface area contributed by atoms with Crippen molar-refractivity contribution >= 4 is 21.9 Å². The maximum Gasteiger partial charge on any atom is 0.338 e. The van der Waals surface area contributed by atoms with Crippen molar-refractivity contribution in [2.45, 2.75) is 13.3 Å². The van der Waals surface area contributed by atoms with Gasteiger partial charge in [0.1, 0.15) is 11.3 Å². The Morgan fingerprint density at radius 1 is 1.64 bits per heavy atom. The number of rotatable bonds is 2. The van der Waals surface area contributed by atoms with Gasteiger partial charge in [-0.15, -0.1) is 0 Å². The summed E-state index contributed by atoms with van der Waals surface area (Å²) in [7, 11) is 0. The van der Waals surface area contributed by atoms with Gasteiger partial charge in [-0.1, -0.05) is 0 Å². The largest absolute Gasteiger partial charge is 0.478 e. The van der Waals surface area contributed by atoms with Crippen LogP contribution in [-0.2, 0) is 0 Å². The van der Waals surface area contributed by atoms with E-state index in [9.17, 15) is 13.6 Å². The van der Waals surface area contributed by atoms with Crippen LogP contribution in [0.25, 0.3) is 0 Å². The van der Waals surface area contributed by atoms with Gasteiger partial charge in [-0.25, -0.2) is 13.6 Å². The summed E-state index contributed by atoms with van der Waals surface area (Å²) < 4.78 is 24.9. The summed E-state index contributed by atoms with van der Waals surface area (Å²) in [6.07, 6.45) is -1.68. The quantitative estimate of drug-likeness (QED) is 0.895. The summed E-state index contributed by atoms with van der Waals surface area (Å²) in [6.45, 7) is 1.58. The molecule has 0 aliphatic rings. The SMILES string of the molecule is Cc1cnc(C(F)F)c(C(=O)O)c1Br. The molecular formula is C8H6BrF2NO2. The molecule has 76 valence electrons. The van der Waals surface area contributed by atoms with E-state index in [-0.39, 0.29) is 4.47 Å². The number of hydrogen-bond donors (Lipinski definition) is 1. The van der Waals surface area contributed by atoms with Gasteiger partial charge >= 0.3 is 5.97 Å². The van der Waals surface area contributed by atoms with Crippen LogP contribution in [0.3, 0.4) is 0 Å². The highest BCUT2D eigenvalue weighted by Gasteiger charge is 2.23. The minimum atomic E-state index is -2.89. The van der Waals surface area contributed by atoms with Gasteiger partial charge in [0.2, 0.25) is 0 Å². The van der Waals surface area contributed by atoms with Gasteiger partial charge in [0.05, 0.1) is 0 Å². The molecule has 0 aliphatic carbocycles. The minimum absolute atomic E-state index is 0.148. The van der Waals surface area contributed by atoms with Crippen LogP contribution in [0.15, 0.2) is 10.7 Å². The minimum Gasteiger partial charge on any atom is -0.478 e. The summed E-state index contributed by atoms with van der Waals surface area (Å²) >= 11 is 2.95. The molecule has 0 bridgehead atoms. The summed E-state index contributed by atoms with van der Waals surface area (Å²) in [4.78, 5) is 14.1. The van der Waals surface area contributed by atoms with Crippen molar-refractivity contribution in [3.05, 3.63) is 27.5 Å². The molecule has 0 amide bonds. The first-order valence-electron chi connectivity index (χ1n) is 3.61. The van der Waals surface area contributed by atoms with Gasteiger partial charge in [0.25, 0.3) is 6.43 Å². The first-order valence-corrected chi connectivity index (χ1v) is 4.41. The lowest BCUT2D eigenvalue weighted by Crippen LogP contribution is -2.07. The Labute approximate surface area is 86.9 Å². The number of aromatic carboxylic acids is 1. The lowest BCUT2D eigenvalue weighted by Gasteiger charge is -2.07. The molecule has 0 saturated carbocycles. The number of hydrogen-bond acceptors (Lipinski definition) is 2. The fourth-order valence-electron chi connectivity index (χ4n) is 0.966. The molecular weight excluding hydrogens is 260 g/mol. The van der Waals surface area contributed by atoms with Crippen LogP contribution in [0.5, 0.6) is 0 Å². The standard InChI is InChI=1S/C8H6BrF2NO2/c1-3-2-12-6(7(10)11)4(5(3)9)8(13)14/h2,7H,1H3,(H,13,14). The molecule has 0 saturated heterocycles. The second kappa shape index (κ2) is 4.00. The molecule has 0 spiro atoms.